The number of anilines is 1. The van der Waals surface area contributed by atoms with Crippen LogP contribution in [0, 0.1) is 17.5 Å². The summed E-state index contributed by atoms with van der Waals surface area (Å²) in [5.74, 6) is -5.51. The van der Waals surface area contributed by atoms with Crippen LogP contribution in [-0.4, -0.2) is 35.3 Å². The first-order chi connectivity index (χ1) is 11.9. The first kappa shape index (κ1) is 18.4. The highest BCUT2D eigenvalue weighted by Crippen LogP contribution is 2.19. The van der Waals surface area contributed by atoms with Gasteiger partial charge in [0.05, 0.1) is 12.2 Å². The number of benzene rings is 1. The van der Waals surface area contributed by atoms with Crippen LogP contribution < -0.4 is 5.32 Å². The number of carbonyl (C=O) groups excluding carboxylic acids is 2. The highest BCUT2D eigenvalue weighted by atomic mass is 19.2. The summed E-state index contributed by atoms with van der Waals surface area (Å²) in [6.45, 7) is -0.343. The molecule has 0 aliphatic heterocycles. The number of nitrogens with one attached hydrogen (secondary N) is 1. The average molecular weight is 351 g/mol. The number of pyridine rings is 1. The molecule has 0 unspecified atom stereocenters. The molecule has 2 rings (SSSR count). The molecule has 25 heavy (non-hydrogen) atoms. The topological polar surface area (TPSA) is 62.3 Å². The number of hydrogen-bond acceptors (Lipinski definition) is 3. The second-order valence-electron chi connectivity index (χ2n) is 5.38. The lowest BCUT2D eigenvalue weighted by Crippen LogP contribution is -2.35. The van der Waals surface area contributed by atoms with Crippen LogP contribution in [-0.2, 0) is 16.0 Å². The normalized spacial score (nSPS) is 10.4. The monoisotopic (exact) mass is 351 g/mol. The van der Waals surface area contributed by atoms with E-state index in [1.165, 1.54) is 11.9 Å². The number of halogens is 3. The quantitative estimate of drug-likeness (QED) is 0.814. The molecule has 0 fully saturated rings. The standard InChI is InChI=1S/C17H16F3N3O2/c1-23(15(25)7-4-11-3-2-8-21-9-11)10-14(24)22-13-6-5-12(18)16(19)17(13)20/h2-3,5-6,8-9H,4,7,10H2,1H3,(H,22,24). The third-order valence-electron chi connectivity index (χ3n) is 3.47. The lowest BCUT2D eigenvalue weighted by atomic mass is 10.1. The molecular formula is C17H16F3N3O2. The lowest BCUT2D eigenvalue weighted by molar-refractivity contribution is -0.133. The van der Waals surface area contributed by atoms with Gasteiger partial charge in [-0.1, -0.05) is 6.07 Å². The van der Waals surface area contributed by atoms with Crippen LogP contribution in [0.3, 0.4) is 0 Å². The van der Waals surface area contributed by atoms with Crippen molar-refractivity contribution in [1.29, 1.82) is 0 Å². The largest absolute Gasteiger partial charge is 0.336 e. The smallest absolute Gasteiger partial charge is 0.244 e. The summed E-state index contributed by atoms with van der Waals surface area (Å²) in [7, 11) is 1.42. The maximum Gasteiger partial charge on any atom is 0.244 e. The van der Waals surface area contributed by atoms with E-state index in [0.717, 1.165) is 11.6 Å². The van der Waals surface area contributed by atoms with E-state index in [4.69, 9.17) is 0 Å². The van der Waals surface area contributed by atoms with E-state index in [1.807, 2.05) is 6.07 Å². The Morgan fingerprint density at radius 1 is 1.16 bits per heavy atom. The molecule has 1 N–H and O–H groups in total. The van der Waals surface area contributed by atoms with Crippen LogP contribution >= 0.6 is 0 Å². The molecule has 2 amide bonds. The average Bonchev–Trinajstić information content (AvgIpc) is 2.61. The molecule has 2 aromatic rings. The van der Waals surface area contributed by atoms with Gasteiger partial charge in [0.25, 0.3) is 0 Å². The van der Waals surface area contributed by atoms with E-state index in [1.54, 1.807) is 18.5 Å². The van der Waals surface area contributed by atoms with Crippen molar-refractivity contribution in [3.63, 3.8) is 0 Å². The Balaban J connectivity index is 1.87. The van der Waals surface area contributed by atoms with Gasteiger partial charge >= 0.3 is 0 Å². The second kappa shape index (κ2) is 8.27. The summed E-state index contributed by atoms with van der Waals surface area (Å²) < 4.78 is 39.5. The molecule has 0 aliphatic carbocycles. The zero-order valence-electron chi connectivity index (χ0n) is 13.4. The predicted molar refractivity (Wildman–Crippen MR) is 85.1 cm³/mol. The van der Waals surface area contributed by atoms with Gasteiger partial charge in [0.2, 0.25) is 11.8 Å². The number of nitrogens with zero attached hydrogens (tertiary/aromatic N) is 2. The Kier molecular flexibility index (Phi) is 6.10. The van der Waals surface area contributed by atoms with Crippen molar-refractivity contribution in [2.75, 3.05) is 18.9 Å². The molecule has 1 aromatic carbocycles. The summed E-state index contributed by atoms with van der Waals surface area (Å²) >= 11 is 0. The third kappa shape index (κ3) is 5.03. The fraction of sp³-hybridized carbons (Fsp3) is 0.235. The first-order valence-corrected chi connectivity index (χ1v) is 7.44. The van der Waals surface area contributed by atoms with Gasteiger partial charge in [-0.05, 0) is 30.2 Å². The Hall–Kier alpha value is -2.90. The molecule has 0 radical (unpaired) electrons. The summed E-state index contributed by atoms with van der Waals surface area (Å²) in [5, 5.41) is 2.11. The van der Waals surface area contributed by atoms with E-state index in [9.17, 15) is 22.8 Å². The molecule has 0 saturated heterocycles. The van der Waals surface area contributed by atoms with Gasteiger partial charge in [-0.2, -0.15) is 0 Å². The molecule has 0 atom stereocenters. The van der Waals surface area contributed by atoms with E-state index in [-0.39, 0.29) is 18.9 Å². The fourth-order valence-corrected chi connectivity index (χ4v) is 2.10. The van der Waals surface area contributed by atoms with Crippen LogP contribution in [0.5, 0.6) is 0 Å². The number of rotatable bonds is 6. The SMILES string of the molecule is CN(CC(=O)Nc1ccc(F)c(F)c1F)C(=O)CCc1cccnc1. The number of carbonyl (C=O) groups is 2. The van der Waals surface area contributed by atoms with Gasteiger partial charge in [-0.15, -0.1) is 0 Å². The van der Waals surface area contributed by atoms with Crippen molar-refractivity contribution < 1.29 is 22.8 Å². The Labute approximate surface area is 142 Å². The zero-order chi connectivity index (χ0) is 18.4. The van der Waals surface area contributed by atoms with Gasteiger partial charge < -0.3 is 10.2 Å². The highest BCUT2D eigenvalue weighted by molar-refractivity contribution is 5.94. The van der Waals surface area contributed by atoms with Crippen LogP contribution in [0.15, 0.2) is 36.7 Å². The minimum absolute atomic E-state index is 0.176. The molecular weight excluding hydrogens is 335 g/mol. The van der Waals surface area contributed by atoms with Gasteiger partial charge in [-0.25, -0.2) is 13.2 Å². The van der Waals surface area contributed by atoms with Gasteiger partial charge in [0.1, 0.15) is 0 Å². The van der Waals surface area contributed by atoms with E-state index in [2.05, 4.69) is 10.3 Å². The van der Waals surface area contributed by atoms with Crippen LogP contribution in [0.4, 0.5) is 18.9 Å². The molecule has 0 aliphatic rings. The number of likely N-dealkylation sites (N-methyl/N-ethyl adjacent to an activating group) is 1. The van der Waals surface area contributed by atoms with Gasteiger partial charge in [0, 0.05) is 25.9 Å². The Morgan fingerprint density at radius 3 is 2.60 bits per heavy atom. The van der Waals surface area contributed by atoms with E-state index >= 15 is 0 Å². The van der Waals surface area contributed by atoms with Crippen molar-refractivity contribution in [1.82, 2.24) is 9.88 Å². The molecule has 0 saturated carbocycles. The van der Waals surface area contributed by atoms with Crippen LogP contribution in [0.1, 0.15) is 12.0 Å². The van der Waals surface area contributed by atoms with E-state index in [0.29, 0.717) is 12.5 Å². The zero-order valence-corrected chi connectivity index (χ0v) is 13.4. The van der Waals surface area contributed by atoms with Crippen molar-refractivity contribution in [2.45, 2.75) is 12.8 Å². The summed E-state index contributed by atoms with van der Waals surface area (Å²) in [5.41, 5.74) is 0.401. The fourth-order valence-electron chi connectivity index (χ4n) is 2.10. The van der Waals surface area contributed by atoms with Crippen LogP contribution in [0.25, 0.3) is 0 Å². The van der Waals surface area contributed by atoms with Gasteiger partial charge in [0.15, 0.2) is 17.5 Å². The van der Waals surface area contributed by atoms with Crippen LogP contribution in [0.2, 0.25) is 0 Å². The minimum Gasteiger partial charge on any atom is -0.336 e. The summed E-state index contributed by atoms with van der Waals surface area (Å²) in [4.78, 5) is 29.0. The number of aromatic nitrogens is 1. The van der Waals surface area contributed by atoms with Gasteiger partial charge in [-0.3, -0.25) is 14.6 Å². The van der Waals surface area contributed by atoms with Crippen molar-refractivity contribution in [3.05, 3.63) is 59.7 Å². The van der Waals surface area contributed by atoms with Crippen molar-refractivity contribution in [3.8, 4) is 0 Å². The molecule has 1 heterocycles. The molecule has 132 valence electrons. The lowest BCUT2D eigenvalue weighted by Gasteiger charge is -2.17. The van der Waals surface area contributed by atoms with Crippen molar-refractivity contribution in [2.24, 2.45) is 0 Å². The van der Waals surface area contributed by atoms with Crippen molar-refractivity contribution >= 4 is 17.5 Å². The van der Waals surface area contributed by atoms with E-state index < -0.39 is 29.0 Å². The number of hydrogen-bond donors (Lipinski definition) is 1. The maximum absolute atomic E-state index is 13.5. The summed E-state index contributed by atoms with van der Waals surface area (Å²) in [6.07, 6.45) is 3.91. The third-order valence-corrected chi connectivity index (χ3v) is 3.47. The number of amides is 2. The summed E-state index contributed by atoms with van der Waals surface area (Å²) in [6, 6.07) is 5.21. The minimum atomic E-state index is -1.67. The maximum atomic E-state index is 13.5. The molecule has 8 heteroatoms. The molecule has 5 nitrogen and oxygen atoms in total. The number of aryl methyl sites for hydroxylation is 1. The molecule has 1 aromatic heterocycles. The highest BCUT2D eigenvalue weighted by Gasteiger charge is 2.17. The Morgan fingerprint density at radius 2 is 1.92 bits per heavy atom. The second-order valence-corrected chi connectivity index (χ2v) is 5.38. The predicted octanol–water partition coefficient (Wildman–Crippen LogP) is 2.53. The molecule has 0 bridgehead atoms. The molecule has 0 spiro atoms. The Bertz CT molecular complexity index is 769. The first-order valence-electron chi connectivity index (χ1n) is 7.44.